The van der Waals surface area contributed by atoms with Crippen LogP contribution in [0.4, 0.5) is 22.4 Å². The fourth-order valence-corrected chi connectivity index (χ4v) is 10.7. The van der Waals surface area contributed by atoms with Gasteiger partial charge < -0.3 is 4.74 Å². The topological polar surface area (TPSA) is 74.2 Å². The van der Waals surface area contributed by atoms with E-state index in [4.69, 9.17) is 19.7 Å². The maximum atomic E-state index is 12.9. The average molecular weight is 855 g/mol. The van der Waals surface area contributed by atoms with Crippen molar-refractivity contribution in [2.24, 2.45) is 16.8 Å². The van der Waals surface area contributed by atoms with Crippen LogP contribution in [0.1, 0.15) is 113 Å². The van der Waals surface area contributed by atoms with Crippen molar-refractivity contribution in [1.29, 1.82) is 0 Å². The van der Waals surface area contributed by atoms with Gasteiger partial charge in [-0.2, -0.15) is 0 Å². The first kappa shape index (κ1) is 43.6. The summed E-state index contributed by atoms with van der Waals surface area (Å²) in [6, 6.07) is 12.7. The fourth-order valence-electron chi connectivity index (χ4n) is 8.42. The molecule has 0 saturated carbocycles. The summed E-state index contributed by atoms with van der Waals surface area (Å²) in [6.45, 7) is 14.2. The van der Waals surface area contributed by atoms with Crippen molar-refractivity contribution in [3.05, 3.63) is 63.6 Å². The molecular weight excluding hydrogens is 797 g/mol. The number of ether oxygens (including phenoxy) is 1. The molecule has 4 aliphatic heterocycles. The van der Waals surface area contributed by atoms with Gasteiger partial charge in [0.1, 0.15) is 5.60 Å². The van der Waals surface area contributed by atoms with Gasteiger partial charge >= 0.3 is 6.09 Å². The highest BCUT2D eigenvalue weighted by Crippen LogP contribution is 2.38. The zero-order valence-electron chi connectivity index (χ0n) is 34.9. The molecule has 6 heterocycles. The summed E-state index contributed by atoms with van der Waals surface area (Å²) in [5.41, 5.74) is 5.67. The zero-order valence-corrected chi connectivity index (χ0v) is 36.6. The van der Waals surface area contributed by atoms with Crippen LogP contribution in [-0.2, 0) is 4.74 Å². The third-order valence-corrected chi connectivity index (χ3v) is 14.1. The highest BCUT2D eigenvalue weighted by Gasteiger charge is 2.31. The van der Waals surface area contributed by atoms with Gasteiger partial charge in [-0.25, -0.2) is 32.3 Å². The van der Waals surface area contributed by atoms with E-state index in [0.29, 0.717) is 43.3 Å². The number of fused-ring (bicyclic) bond motifs is 2. The number of aliphatic imine (C=N–C) groups is 1. The maximum Gasteiger partial charge on any atom is 0.414 e. The van der Waals surface area contributed by atoms with E-state index >= 15 is 0 Å². The summed E-state index contributed by atoms with van der Waals surface area (Å²) < 4.78 is 58.4. The lowest BCUT2D eigenvalue weighted by Crippen LogP contribution is -2.39. The van der Waals surface area contributed by atoms with E-state index in [9.17, 15) is 22.4 Å². The second-order valence-corrected chi connectivity index (χ2v) is 20.0. The molecule has 2 atom stereocenters. The molecule has 0 aliphatic carbocycles. The summed E-state index contributed by atoms with van der Waals surface area (Å²) in [5.74, 6) is 1.77. The van der Waals surface area contributed by atoms with Crippen LogP contribution in [0.5, 0.6) is 0 Å². The molecule has 0 N–H and O–H groups in total. The number of alkyl halides is 4. The highest BCUT2D eigenvalue weighted by atomic mass is 32.1. The van der Waals surface area contributed by atoms with E-state index in [0.717, 1.165) is 95.2 Å². The van der Waals surface area contributed by atoms with Gasteiger partial charge in [0, 0.05) is 36.2 Å². The van der Waals surface area contributed by atoms with Gasteiger partial charge in [-0.05, 0) is 134 Å². The van der Waals surface area contributed by atoms with E-state index in [-0.39, 0.29) is 19.2 Å². The number of allylic oxidation sites excluding steroid dienone is 1. The Hall–Kier alpha value is -3.46. The smallest absolute Gasteiger partial charge is 0.414 e. The first-order valence-corrected chi connectivity index (χ1v) is 22.9. The number of hydrogen-bond acceptors (Lipinski definition) is 9. The van der Waals surface area contributed by atoms with Crippen LogP contribution in [0.2, 0.25) is 0 Å². The lowest BCUT2D eigenvalue weighted by atomic mass is 9.96. The van der Waals surface area contributed by atoms with Crippen molar-refractivity contribution in [3.63, 3.8) is 0 Å². The number of rotatable bonds is 8. The Morgan fingerprint density at radius 1 is 0.780 bits per heavy atom. The molecule has 2 aromatic heterocycles. The minimum absolute atomic E-state index is 0.101. The number of hydrogen-bond donors (Lipinski definition) is 0. The Bertz CT molecular complexity index is 2110. The van der Waals surface area contributed by atoms with Gasteiger partial charge in [0.2, 0.25) is 0 Å². The Labute approximate surface area is 353 Å². The molecule has 320 valence electrons. The molecule has 2 saturated heterocycles. The number of aromatic nitrogens is 2. The lowest BCUT2D eigenvalue weighted by molar-refractivity contribution is 0.0327. The Balaban J connectivity index is 0.000000184. The number of amides is 1. The minimum atomic E-state index is -2.28. The first-order chi connectivity index (χ1) is 28.2. The Morgan fingerprint density at radius 3 is 1.80 bits per heavy atom. The summed E-state index contributed by atoms with van der Waals surface area (Å²) in [4.78, 5) is 32.9. The summed E-state index contributed by atoms with van der Waals surface area (Å²) >= 11 is 3.44. The third-order valence-electron chi connectivity index (χ3n) is 11.7. The SMILES string of the molecule is C[C@H]1CC=C(c2ccc3sc(C4CCN(CC(F)F)CC4)nc3c2)N(C(=O)OC(C)(C)C)C1.C[C@H]1CCC(c2ccc3sc(C4CCN(CC(F)F)CC4)nc3c2)=NC1. The average Bonchev–Trinajstić information content (AvgIpc) is 3.82. The largest absolute Gasteiger partial charge is 0.443 e. The molecule has 0 spiro atoms. The molecule has 0 radical (unpaired) electrons. The number of benzene rings is 2. The second kappa shape index (κ2) is 19.1. The Morgan fingerprint density at radius 2 is 1.31 bits per heavy atom. The fraction of sp³-hybridized carbons (Fsp3) is 0.600. The number of halogens is 4. The summed E-state index contributed by atoms with van der Waals surface area (Å²) in [7, 11) is 0. The molecule has 4 aliphatic rings. The number of piperidine rings is 2. The van der Waals surface area contributed by atoms with Crippen molar-refractivity contribution >= 4 is 60.6 Å². The molecule has 8 nitrogen and oxygen atoms in total. The predicted molar refractivity (Wildman–Crippen MR) is 233 cm³/mol. The number of thiazole rings is 2. The van der Waals surface area contributed by atoms with Crippen molar-refractivity contribution in [2.45, 2.75) is 110 Å². The number of likely N-dealkylation sites (tertiary alicyclic amines) is 2. The molecule has 0 bridgehead atoms. The summed E-state index contributed by atoms with van der Waals surface area (Å²) in [6.07, 6.45) is 3.99. The van der Waals surface area contributed by atoms with Crippen LogP contribution in [0, 0.1) is 11.8 Å². The molecule has 2 fully saturated rings. The molecule has 14 heteroatoms. The minimum Gasteiger partial charge on any atom is -0.443 e. The zero-order chi connectivity index (χ0) is 41.8. The monoisotopic (exact) mass is 854 g/mol. The highest BCUT2D eigenvalue weighted by molar-refractivity contribution is 7.19. The number of carbonyl (C=O) groups is 1. The van der Waals surface area contributed by atoms with Crippen LogP contribution in [0.3, 0.4) is 0 Å². The molecule has 59 heavy (non-hydrogen) atoms. The van der Waals surface area contributed by atoms with E-state index in [1.54, 1.807) is 27.6 Å². The van der Waals surface area contributed by atoms with Gasteiger partial charge in [0.15, 0.2) is 0 Å². The van der Waals surface area contributed by atoms with Gasteiger partial charge in [0.25, 0.3) is 12.9 Å². The molecule has 2 aromatic carbocycles. The number of carbonyl (C=O) groups excluding carboxylic acids is 1. The normalized spacial score (nSPS) is 21.8. The van der Waals surface area contributed by atoms with Crippen LogP contribution in [-0.4, -0.2) is 107 Å². The molecule has 4 aromatic rings. The van der Waals surface area contributed by atoms with E-state index in [1.807, 2.05) is 30.6 Å². The Kier molecular flexibility index (Phi) is 14.1. The quantitative estimate of drug-likeness (QED) is 0.164. The van der Waals surface area contributed by atoms with Crippen LogP contribution in [0.15, 0.2) is 47.5 Å². The lowest BCUT2D eigenvalue weighted by Gasteiger charge is -2.33. The predicted octanol–water partition coefficient (Wildman–Crippen LogP) is 11.3. The third kappa shape index (κ3) is 11.5. The van der Waals surface area contributed by atoms with Gasteiger partial charge in [-0.15, -0.1) is 22.7 Å². The van der Waals surface area contributed by atoms with Crippen molar-refractivity contribution in [1.82, 2.24) is 24.7 Å². The van der Waals surface area contributed by atoms with Crippen molar-refractivity contribution in [2.75, 3.05) is 52.4 Å². The van der Waals surface area contributed by atoms with Crippen LogP contribution >= 0.6 is 22.7 Å². The maximum absolute atomic E-state index is 12.9. The molecule has 0 unspecified atom stereocenters. The molecular formula is C45H58F4N6O2S2. The first-order valence-electron chi connectivity index (χ1n) is 21.2. The second-order valence-electron chi connectivity index (χ2n) is 17.9. The standard InChI is InChI=1S/C25H33F2N3O2S.C20H25F2N3S/c1-16-5-7-20(30(14-16)24(31)32-25(2,3)4)18-6-8-21-19(13-18)28-23(33-21)17-9-11-29(12-10-17)15-22(26)27;1-13-2-4-16(23-11-13)15-3-5-18-17(10-15)24-20(26-18)14-6-8-25(9-7-14)12-19(21)22/h6-8,13,16-17,22H,5,9-12,14-15H2,1-4H3;3,5,10,13-14,19H,2,4,6-9,11-12H2,1H3/t16-;13-/m00/s1. The van der Waals surface area contributed by atoms with E-state index in [1.165, 1.54) is 22.4 Å². The van der Waals surface area contributed by atoms with Gasteiger partial charge in [-0.1, -0.05) is 32.1 Å². The van der Waals surface area contributed by atoms with Crippen LogP contribution in [0.25, 0.3) is 26.1 Å². The van der Waals surface area contributed by atoms with Gasteiger partial charge in [-0.3, -0.25) is 19.7 Å². The number of nitrogens with zero attached hydrogens (tertiary/aromatic N) is 6. The van der Waals surface area contributed by atoms with E-state index in [2.05, 4.69) is 56.3 Å². The van der Waals surface area contributed by atoms with E-state index < -0.39 is 18.5 Å². The van der Waals surface area contributed by atoms with Gasteiger partial charge in [0.05, 0.1) is 49.2 Å². The van der Waals surface area contributed by atoms with Crippen molar-refractivity contribution in [3.8, 4) is 0 Å². The molecule has 8 rings (SSSR count). The molecule has 1 amide bonds. The van der Waals surface area contributed by atoms with Crippen molar-refractivity contribution < 1.29 is 27.1 Å². The van der Waals surface area contributed by atoms with Crippen LogP contribution < -0.4 is 0 Å². The summed E-state index contributed by atoms with van der Waals surface area (Å²) in [5, 5.41) is 2.24.